The molecule has 93 heavy (non-hydrogen) atoms. The average molecular weight is 1300 g/mol. The maximum Gasteiger partial charge on any atom is 0.410 e. The van der Waals surface area contributed by atoms with Crippen molar-refractivity contribution in [2.45, 2.75) is 201 Å². The van der Waals surface area contributed by atoms with Crippen molar-refractivity contribution in [1.82, 2.24) is 46.2 Å². The van der Waals surface area contributed by atoms with E-state index in [1.165, 1.54) is 31.2 Å². The first kappa shape index (κ1) is 77.5. The summed E-state index contributed by atoms with van der Waals surface area (Å²) < 4.78 is 11.8. The van der Waals surface area contributed by atoms with Gasteiger partial charge in [-0.05, 0) is 98.3 Å². The van der Waals surface area contributed by atoms with E-state index in [9.17, 15) is 57.8 Å². The summed E-state index contributed by atoms with van der Waals surface area (Å²) in [5.41, 5.74) is 6.81. The second-order valence-electron chi connectivity index (χ2n) is 25.9. The number of methoxy groups -OCH3 is 1. The van der Waals surface area contributed by atoms with Gasteiger partial charge in [-0.15, -0.1) is 0 Å². The molecule has 0 bridgehead atoms. The lowest BCUT2D eigenvalue weighted by Crippen LogP contribution is -2.60. The van der Waals surface area contributed by atoms with Gasteiger partial charge in [0.05, 0.1) is 30.7 Å². The highest BCUT2D eigenvalue weighted by atomic mass is 16.6. The van der Waals surface area contributed by atoms with E-state index in [-0.39, 0.29) is 98.7 Å². The third-order valence-electron chi connectivity index (χ3n) is 18.0. The number of unbranched alkanes of at least 4 members (excludes halogenated alkanes) is 2. The molecule has 1 unspecified atom stereocenters. The van der Waals surface area contributed by atoms with Gasteiger partial charge in [0.2, 0.25) is 41.4 Å². The van der Waals surface area contributed by atoms with Crippen LogP contribution in [0.15, 0.2) is 66.7 Å². The number of hydrogen-bond acceptors (Lipinski definition) is 14. The SMILES string of the molecule is CC[C@H](C)C([C@@H](CC(=O)N1CCC[C@H]1[C@H](C)[C@@H](C)C(=O)N[C@H](C)[C@@H](O)c1ccccc1)OC)N(C)C(=O)[C@H](NC(=O)[C@H](C(C)C)N(C)C(=O)OCc1ccc(NC(=O)[C@@H](CCCNC(N)=O)NC(=O)[C@@H](NC(=O)CCCCCN2C(=O)C=CC2=O)C(C)C)cc1)C(C)C. The number of nitrogens with zero attached hydrogens (tertiary/aromatic N) is 4. The van der Waals surface area contributed by atoms with Gasteiger partial charge in [-0.1, -0.05) is 125 Å². The van der Waals surface area contributed by atoms with Crippen LogP contribution in [0.25, 0.3) is 0 Å². The molecule has 12 amide bonds. The summed E-state index contributed by atoms with van der Waals surface area (Å²) in [5.74, 6) is -5.76. The van der Waals surface area contributed by atoms with Crippen LogP contribution in [0.3, 0.4) is 0 Å². The zero-order chi connectivity index (χ0) is 69.4. The summed E-state index contributed by atoms with van der Waals surface area (Å²) in [5, 5.41) is 27.6. The van der Waals surface area contributed by atoms with Gasteiger partial charge in [-0.3, -0.25) is 53.0 Å². The van der Waals surface area contributed by atoms with E-state index >= 15 is 0 Å². The Kier molecular flexibility index (Phi) is 31.4. The van der Waals surface area contributed by atoms with Gasteiger partial charge in [-0.25, -0.2) is 9.59 Å². The fourth-order valence-corrected chi connectivity index (χ4v) is 12.0. The molecule has 2 aromatic carbocycles. The Morgan fingerprint density at radius 2 is 1.35 bits per heavy atom. The highest BCUT2D eigenvalue weighted by molar-refractivity contribution is 6.12. The second kappa shape index (κ2) is 37.7. The molecule has 2 aromatic rings. The molecule has 0 radical (unpaired) electrons. The number of aliphatic hydroxyl groups excluding tert-OH is 1. The summed E-state index contributed by atoms with van der Waals surface area (Å²) in [7, 11) is 4.60. The molecule has 2 aliphatic rings. The number of likely N-dealkylation sites (N-methyl/N-ethyl adjacent to an activating group) is 2. The number of nitrogens with two attached hydrogens (primary N) is 1. The summed E-state index contributed by atoms with van der Waals surface area (Å²) in [6.07, 6.45) is 3.97. The van der Waals surface area contributed by atoms with Gasteiger partial charge in [0.15, 0.2) is 0 Å². The minimum absolute atomic E-state index is 0.0405. The standard InChI is InChI=1S/C68H105N11O14/c1-15-43(8)60(52(92-14)38-56(83)78-37-23-27-51(78)44(9)45(10)62(85)71-46(11)61(84)48-24-18-16-19-25-48)76(12)66(89)58(41(4)5)75-65(88)59(42(6)7)77(13)68(91)93-39-47-29-31-49(32-30-47)72-63(86)50(26-22-35-70-67(69)90)73-64(87)57(40(2)3)74-53(80)28-20-17-21-36-79-54(81)33-34-55(79)82/h16,18-19,24-25,29-34,40-46,50-52,57-61,84H,15,17,20-23,26-28,35-39H2,1-14H3,(H,71,85)(H,72,86)(H,73,87)(H,74,80)(H,75,88)(H3,69,70,90)/t43-,44+,45+,46+,50+,51-,52+,57-,58+,59-,60?,61+/m0/s1. The van der Waals surface area contributed by atoms with E-state index in [2.05, 4.69) is 31.9 Å². The van der Waals surface area contributed by atoms with Crippen molar-refractivity contribution in [2.24, 2.45) is 41.2 Å². The number of likely N-dealkylation sites (tertiary alicyclic amines) is 1. The Balaban J connectivity index is 1.36. The van der Waals surface area contributed by atoms with E-state index in [4.69, 9.17) is 15.2 Å². The molecule has 4 rings (SSSR count). The number of carbonyl (C=O) groups is 11. The summed E-state index contributed by atoms with van der Waals surface area (Å²) >= 11 is 0. The molecule has 0 aromatic heterocycles. The minimum atomic E-state index is -1.11. The van der Waals surface area contributed by atoms with Gasteiger partial charge in [0, 0.05) is 77.1 Å². The number of urea groups is 1. The number of nitrogens with one attached hydrogen (secondary N) is 6. The van der Waals surface area contributed by atoms with Crippen molar-refractivity contribution >= 4 is 71.0 Å². The fraction of sp³-hybridized carbons (Fsp3) is 0.632. The quantitative estimate of drug-likeness (QED) is 0.0297. The van der Waals surface area contributed by atoms with Crippen molar-refractivity contribution in [2.75, 3.05) is 46.2 Å². The van der Waals surface area contributed by atoms with Crippen LogP contribution in [0.2, 0.25) is 0 Å². The Morgan fingerprint density at radius 1 is 0.720 bits per heavy atom. The van der Waals surface area contributed by atoms with Crippen LogP contribution in [-0.4, -0.2) is 179 Å². The summed E-state index contributed by atoms with van der Waals surface area (Å²) in [6.45, 7) is 20.8. The zero-order valence-corrected chi connectivity index (χ0v) is 57.0. The molecule has 2 aliphatic heterocycles. The molecule has 25 nitrogen and oxygen atoms in total. The first-order valence-electron chi connectivity index (χ1n) is 32.8. The van der Waals surface area contributed by atoms with Crippen LogP contribution >= 0.6 is 0 Å². The lowest BCUT2D eigenvalue weighted by atomic mass is 9.86. The Bertz CT molecular complexity index is 2850. The van der Waals surface area contributed by atoms with Crippen molar-refractivity contribution in [1.29, 1.82) is 0 Å². The highest BCUT2D eigenvalue weighted by Gasteiger charge is 2.43. The van der Waals surface area contributed by atoms with Crippen LogP contribution < -0.4 is 37.6 Å². The third-order valence-corrected chi connectivity index (χ3v) is 18.0. The zero-order valence-electron chi connectivity index (χ0n) is 57.0. The predicted molar refractivity (Wildman–Crippen MR) is 352 cm³/mol. The summed E-state index contributed by atoms with van der Waals surface area (Å²) in [4.78, 5) is 152. The van der Waals surface area contributed by atoms with Crippen LogP contribution in [0.4, 0.5) is 15.3 Å². The molecule has 25 heteroatoms. The van der Waals surface area contributed by atoms with Crippen molar-refractivity contribution in [3.63, 3.8) is 0 Å². The number of amides is 12. The number of aliphatic hydroxyl groups is 1. The molecule has 0 saturated carbocycles. The minimum Gasteiger partial charge on any atom is -0.445 e. The first-order valence-corrected chi connectivity index (χ1v) is 32.8. The molecular formula is C68H105N11O14. The number of primary amides is 1. The van der Waals surface area contributed by atoms with Gasteiger partial charge < -0.3 is 62.0 Å². The second-order valence-corrected chi connectivity index (χ2v) is 25.9. The first-order chi connectivity index (χ1) is 43.9. The van der Waals surface area contributed by atoms with Crippen LogP contribution in [0.5, 0.6) is 0 Å². The number of rotatable bonds is 37. The molecule has 0 spiro atoms. The van der Waals surface area contributed by atoms with E-state index in [1.807, 2.05) is 76.8 Å². The maximum atomic E-state index is 14.8. The van der Waals surface area contributed by atoms with Gasteiger partial charge in [-0.2, -0.15) is 0 Å². The lowest BCUT2D eigenvalue weighted by molar-refractivity contribution is -0.146. The molecule has 9 N–H and O–H groups in total. The van der Waals surface area contributed by atoms with E-state index in [1.54, 1.807) is 70.8 Å². The van der Waals surface area contributed by atoms with Gasteiger partial charge in [0.25, 0.3) is 11.8 Å². The maximum absolute atomic E-state index is 14.8. The number of benzene rings is 2. The summed E-state index contributed by atoms with van der Waals surface area (Å²) in [6, 6.07) is 9.16. The van der Waals surface area contributed by atoms with E-state index < -0.39 is 102 Å². The molecule has 1 fully saturated rings. The van der Waals surface area contributed by atoms with Crippen molar-refractivity contribution < 1.29 is 67.3 Å². The fourth-order valence-electron chi connectivity index (χ4n) is 12.0. The molecule has 516 valence electrons. The normalized spacial score (nSPS) is 17.5. The number of hydrogen-bond donors (Lipinski definition) is 8. The number of ether oxygens (including phenoxy) is 2. The monoisotopic (exact) mass is 1300 g/mol. The topological polar surface area (TPSA) is 338 Å². The van der Waals surface area contributed by atoms with Gasteiger partial charge >= 0.3 is 12.1 Å². The molecule has 0 aliphatic carbocycles. The Hall–Kier alpha value is -7.93. The smallest absolute Gasteiger partial charge is 0.410 e. The van der Waals surface area contributed by atoms with Crippen molar-refractivity contribution in [3.05, 3.63) is 77.9 Å². The lowest BCUT2D eigenvalue weighted by Gasteiger charge is -2.41. The molecular weight excluding hydrogens is 1190 g/mol. The van der Waals surface area contributed by atoms with Crippen LogP contribution in [0, 0.1) is 35.5 Å². The van der Waals surface area contributed by atoms with E-state index in [0.29, 0.717) is 55.5 Å². The Morgan fingerprint density at radius 3 is 1.94 bits per heavy atom. The average Bonchev–Trinajstić information content (AvgIpc) is 1.79. The van der Waals surface area contributed by atoms with Crippen LogP contribution in [-0.2, 0) is 59.2 Å². The third kappa shape index (κ3) is 23.0. The predicted octanol–water partition coefficient (Wildman–Crippen LogP) is 5.70. The largest absolute Gasteiger partial charge is 0.445 e. The molecule has 12 atom stereocenters. The molecule has 2 heterocycles. The van der Waals surface area contributed by atoms with Gasteiger partial charge in [0.1, 0.15) is 30.8 Å². The molecule has 1 saturated heterocycles. The number of imide groups is 1. The van der Waals surface area contributed by atoms with E-state index in [0.717, 1.165) is 11.3 Å². The highest BCUT2D eigenvalue weighted by Crippen LogP contribution is 2.32. The van der Waals surface area contributed by atoms with Crippen LogP contribution in [0.1, 0.15) is 158 Å². The van der Waals surface area contributed by atoms with Crippen molar-refractivity contribution in [3.8, 4) is 0 Å². The number of anilines is 1. The Labute approximate surface area is 549 Å². The number of carbonyl (C=O) groups excluding carboxylic acids is 11.